The van der Waals surface area contributed by atoms with Crippen LogP contribution in [-0.2, 0) is 13.0 Å². The van der Waals surface area contributed by atoms with Gasteiger partial charge in [0.1, 0.15) is 0 Å². The van der Waals surface area contributed by atoms with Gasteiger partial charge in [-0.25, -0.2) is 0 Å². The van der Waals surface area contributed by atoms with Crippen molar-refractivity contribution < 1.29 is 4.79 Å². The molecule has 0 aromatic carbocycles. The van der Waals surface area contributed by atoms with Gasteiger partial charge in [-0.3, -0.25) is 4.79 Å². The number of aromatic nitrogens is 1. The lowest BCUT2D eigenvalue weighted by atomic mass is 9.76. The van der Waals surface area contributed by atoms with Gasteiger partial charge >= 0.3 is 0 Å². The van der Waals surface area contributed by atoms with Crippen LogP contribution in [0.2, 0.25) is 0 Å². The zero-order valence-corrected chi connectivity index (χ0v) is 12.4. The molecule has 1 saturated carbocycles. The number of rotatable bonds is 2. The summed E-state index contributed by atoms with van der Waals surface area (Å²) >= 11 is 0. The van der Waals surface area contributed by atoms with Crippen molar-refractivity contribution in [2.24, 2.45) is 17.3 Å². The highest BCUT2D eigenvalue weighted by Gasteiger charge is 2.33. The van der Waals surface area contributed by atoms with Gasteiger partial charge in [0.25, 0.3) is 0 Å². The van der Waals surface area contributed by atoms with E-state index >= 15 is 0 Å². The molecule has 2 aliphatic rings. The summed E-state index contributed by atoms with van der Waals surface area (Å²) < 4.78 is 2.38. The minimum absolute atomic E-state index is 0.126. The summed E-state index contributed by atoms with van der Waals surface area (Å²) in [6.45, 7) is 7.91. The fourth-order valence-electron chi connectivity index (χ4n) is 3.92. The number of fused-ring (bicyclic) bond motifs is 1. The van der Waals surface area contributed by atoms with Gasteiger partial charge in [-0.2, -0.15) is 0 Å². The first-order valence-corrected chi connectivity index (χ1v) is 7.67. The van der Waals surface area contributed by atoms with Crippen LogP contribution in [0.15, 0.2) is 12.3 Å². The summed E-state index contributed by atoms with van der Waals surface area (Å²) in [5.74, 6) is 1.98. The van der Waals surface area contributed by atoms with E-state index in [2.05, 4.69) is 31.5 Å². The molecule has 0 amide bonds. The normalized spacial score (nSPS) is 29.5. The Kier molecular flexibility index (Phi) is 3.07. The van der Waals surface area contributed by atoms with Crippen molar-refractivity contribution in [2.45, 2.75) is 59.4 Å². The predicted molar refractivity (Wildman–Crippen MR) is 77.4 cm³/mol. The Morgan fingerprint density at radius 1 is 1.32 bits per heavy atom. The van der Waals surface area contributed by atoms with Crippen molar-refractivity contribution in [3.8, 4) is 0 Å². The molecule has 0 radical (unpaired) electrons. The topological polar surface area (TPSA) is 22.0 Å². The Morgan fingerprint density at radius 2 is 2.11 bits per heavy atom. The number of hydrogen-bond acceptors (Lipinski definition) is 1. The maximum atomic E-state index is 12.2. The molecule has 0 saturated heterocycles. The number of hydrogen-bond donors (Lipinski definition) is 0. The summed E-state index contributed by atoms with van der Waals surface area (Å²) in [5, 5.41) is 0. The molecule has 1 heterocycles. The first-order valence-electron chi connectivity index (χ1n) is 7.67. The molecule has 0 N–H and O–H groups in total. The zero-order valence-electron chi connectivity index (χ0n) is 12.4. The van der Waals surface area contributed by atoms with Crippen LogP contribution in [0.1, 0.15) is 62.5 Å². The SMILES string of the molecule is CC1CCCC1Cn1ccc2c1CC(C)(C)CC2=O. The molecule has 19 heavy (non-hydrogen) atoms. The molecule has 0 spiro atoms. The Balaban J connectivity index is 1.86. The van der Waals surface area contributed by atoms with Crippen LogP contribution < -0.4 is 0 Å². The second kappa shape index (κ2) is 4.50. The van der Waals surface area contributed by atoms with E-state index in [1.807, 2.05) is 6.07 Å². The maximum absolute atomic E-state index is 12.2. The molecule has 2 atom stereocenters. The molecule has 0 bridgehead atoms. The molecule has 1 aromatic heterocycles. The highest BCUT2D eigenvalue weighted by atomic mass is 16.1. The summed E-state index contributed by atoms with van der Waals surface area (Å²) in [6, 6.07) is 2.05. The van der Waals surface area contributed by atoms with Crippen LogP contribution in [0, 0.1) is 17.3 Å². The predicted octanol–water partition coefficient (Wildman–Crippen LogP) is 4.08. The summed E-state index contributed by atoms with van der Waals surface area (Å²) in [7, 11) is 0. The number of carbonyl (C=O) groups excluding carboxylic acids is 1. The first-order chi connectivity index (χ1) is 8.96. The Morgan fingerprint density at radius 3 is 2.79 bits per heavy atom. The van der Waals surface area contributed by atoms with Gasteiger partial charge in [0.15, 0.2) is 5.78 Å². The smallest absolute Gasteiger partial charge is 0.165 e. The van der Waals surface area contributed by atoms with Crippen LogP contribution in [0.5, 0.6) is 0 Å². The molecule has 2 unspecified atom stereocenters. The van der Waals surface area contributed by atoms with Crippen molar-refractivity contribution in [3.63, 3.8) is 0 Å². The Labute approximate surface area is 116 Å². The van der Waals surface area contributed by atoms with Gasteiger partial charge in [0.2, 0.25) is 0 Å². The lowest BCUT2D eigenvalue weighted by Gasteiger charge is -2.30. The maximum Gasteiger partial charge on any atom is 0.165 e. The molecule has 104 valence electrons. The van der Waals surface area contributed by atoms with Gasteiger partial charge in [-0.05, 0) is 36.2 Å². The lowest BCUT2D eigenvalue weighted by Crippen LogP contribution is -2.28. The molecule has 0 aliphatic heterocycles. The molecule has 1 fully saturated rings. The van der Waals surface area contributed by atoms with Crippen LogP contribution >= 0.6 is 0 Å². The highest BCUT2D eigenvalue weighted by molar-refractivity contribution is 5.98. The quantitative estimate of drug-likeness (QED) is 0.784. The molecule has 3 rings (SSSR count). The van der Waals surface area contributed by atoms with Gasteiger partial charge < -0.3 is 4.57 Å². The molecular weight excluding hydrogens is 234 g/mol. The van der Waals surface area contributed by atoms with Crippen LogP contribution in [-0.4, -0.2) is 10.4 Å². The highest BCUT2D eigenvalue weighted by Crippen LogP contribution is 2.37. The number of Topliss-reactive ketones (excluding diaryl/α,β-unsaturated/α-hetero) is 1. The van der Waals surface area contributed by atoms with Crippen LogP contribution in [0.4, 0.5) is 0 Å². The van der Waals surface area contributed by atoms with E-state index < -0.39 is 0 Å². The van der Waals surface area contributed by atoms with Gasteiger partial charge in [-0.1, -0.05) is 33.6 Å². The van der Waals surface area contributed by atoms with Gasteiger partial charge in [-0.15, -0.1) is 0 Å². The standard InChI is InChI=1S/C17H25NO/c1-12-5-4-6-13(12)11-18-8-7-14-15(18)9-17(2,3)10-16(14)19/h7-8,12-13H,4-6,9-11H2,1-3H3. The van der Waals surface area contributed by atoms with Crippen molar-refractivity contribution >= 4 is 5.78 Å². The summed E-state index contributed by atoms with van der Waals surface area (Å²) in [4.78, 5) is 12.2. The van der Waals surface area contributed by atoms with Gasteiger partial charge in [0, 0.05) is 30.4 Å². The van der Waals surface area contributed by atoms with Crippen LogP contribution in [0.25, 0.3) is 0 Å². The lowest BCUT2D eigenvalue weighted by molar-refractivity contribution is 0.0909. The molecule has 1 aromatic rings. The second-order valence-electron chi connectivity index (χ2n) is 7.44. The summed E-state index contributed by atoms with van der Waals surface area (Å²) in [6.07, 6.45) is 7.99. The minimum Gasteiger partial charge on any atom is -0.350 e. The van der Waals surface area contributed by atoms with E-state index in [1.54, 1.807) is 0 Å². The fraction of sp³-hybridized carbons (Fsp3) is 0.706. The monoisotopic (exact) mass is 259 g/mol. The largest absolute Gasteiger partial charge is 0.350 e. The molecule has 2 aliphatic carbocycles. The number of nitrogens with zero attached hydrogens (tertiary/aromatic N) is 1. The first kappa shape index (κ1) is 13.0. The van der Waals surface area contributed by atoms with E-state index in [-0.39, 0.29) is 5.41 Å². The van der Waals surface area contributed by atoms with Crippen LogP contribution in [0.3, 0.4) is 0 Å². The molecule has 2 nitrogen and oxygen atoms in total. The van der Waals surface area contributed by atoms with Gasteiger partial charge in [0.05, 0.1) is 0 Å². The van der Waals surface area contributed by atoms with E-state index in [0.29, 0.717) is 12.2 Å². The zero-order chi connectivity index (χ0) is 13.6. The third kappa shape index (κ3) is 2.37. The van der Waals surface area contributed by atoms with E-state index in [4.69, 9.17) is 0 Å². The average Bonchev–Trinajstić information content (AvgIpc) is 2.87. The van der Waals surface area contributed by atoms with E-state index in [1.165, 1.54) is 25.0 Å². The molecular formula is C17H25NO. The van der Waals surface area contributed by atoms with E-state index in [0.717, 1.165) is 30.4 Å². The number of carbonyl (C=O) groups is 1. The van der Waals surface area contributed by atoms with Crippen molar-refractivity contribution in [1.82, 2.24) is 4.57 Å². The van der Waals surface area contributed by atoms with Crippen molar-refractivity contribution in [3.05, 3.63) is 23.5 Å². The second-order valence-corrected chi connectivity index (χ2v) is 7.44. The van der Waals surface area contributed by atoms with E-state index in [9.17, 15) is 4.79 Å². The third-order valence-electron chi connectivity index (χ3n) is 5.13. The number of ketones is 1. The van der Waals surface area contributed by atoms with Crippen molar-refractivity contribution in [1.29, 1.82) is 0 Å². The van der Waals surface area contributed by atoms with Crippen molar-refractivity contribution in [2.75, 3.05) is 0 Å². The minimum atomic E-state index is 0.126. The Bertz CT molecular complexity index is 497. The average molecular weight is 259 g/mol. The Hall–Kier alpha value is -1.05. The third-order valence-corrected chi connectivity index (χ3v) is 5.13. The fourth-order valence-corrected chi connectivity index (χ4v) is 3.92. The molecule has 2 heteroatoms. The summed E-state index contributed by atoms with van der Waals surface area (Å²) in [5.41, 5.74) is 2.41.